The summed E-state index contributed by atoms with van der Waals surface area (Å²) in [5.74, 6) is -1.50. The van der Waals surface area contributed by atoms with Gasteiger partial charge in [-0.1, -0.05) is 29.3 Å². The Morgan fingerprint density at radius 2 is 2.09 bits per heavy atom. The highest BCUT2D eigenvalue weighted by atomic mass is 35.5. The van der Waals surface area contributed by atoms with Gasteiger partial charge in [-0.3, -0.25) is 4.68 Å². The van der Waals surface area contributed by atoms with Crippen molar-refractivity contribution in [2.24, 2.45) is 0 Å². The van der Waals surface area contributed by atoms with Crippen LogP contribution in [0.3, 0.4) is 0 Å². The fourth-order valence-corrected chi connectivity index (χ4v) is 2.61. The van der Waals surface area contributed by atoms with E-state index in [-0.39, 0.29) is 17.3 Å². The smallest absolute Gasteiger partial charge is 0.357 e. The highest BCUT2D eigenvalue weighted by molar-refractivity contribution is 6.31. The number of aromatic nitrogens is 2. The molecule has 4 nitrogen and oxygen atoms in total. The molecule has 0 fully saturated rings. The predicted molar refractivity (Wildman–Crippen MR) is 81.9 cm³/mol. The molecule has 0 amide bonds. The zero-order valence-electron chi connectivity index (χ0n) is 11.7. The lowest BCUT2D eigenvalue weighted by atomic mass is 10.1. The summed E-state index contributed by atoms with van der Waals surface area (Å²) in [4.78, 5) is 11.4. The predicted octanol–water partition coefficient (Wildman–Crippen LogP) is 3.88. The van der Waals surface area contributed by atoms with Crippen LogP contribution in [-0.4, -0.2) is 20.9 Å². The average molecular weight is 319 g/mol. The summed E-state index contributed by atoms with van der Waals surface area (Å²) in [5, 5.41) is 14.3. The van der Waals surface area contributed by atoms with Crippen LogP contribution in [0.1, 0.15) is 21.6 Å². The molecule has 0 aliphatic rings. The van der Waals surface area contributed by atoms with E-state index in [1.807, 2.05) is 19.1 Å². The Morgan fingerprint density at radius 3 is 2.77 bits per heavy atom. The van der Waals surface area contributed by atoms with Crippen molar-refractivity contribution in [3.63, 3.8) is 0 Å². The summed E-state index contributed by atoms with van der Waals surface area (Å²) >= 11 is 6.03. The summed E-state index contributed by atoms with van der Waals surface area (Å²) in [6, 6.07) is 9.61. The lowest BCUT2D eigenvalue weighted by Gasteiger charge is -2.06. The quantitative estimate of drug-likeness (QED) is 0.797. The van der Waals surface area contributed by atoms with Gasteiger partial charge in [0.05, 0.1) is 12.1 Å². The van der Waals surface area contributed by atoms with E-state index in [1.54, 1.807) is 16.8 Å². The minimum Gasteiger partial charge on any atom is -0.476 e. The van der Waals surface area contributed by atoms with Crippen LogP contribution in [0.25, 0.3) is 10.9 Å². The fraction of sp³-hybridized carbons (Fsp3) is 0.125. The van der Waals surface area contributed by atoms with E-state index >= 15 is 0 Å². The van der Waals surface area contributed by atoms with Crippen molar-refractivity contribution in [2.45, 2.75) is 13.5 Å². The molecule has 2 aromatic carbocycles. The van der Waals surface area contributed by atoms with Crippen molar-refractivity contribution < 1.29 is 14.3 Å². The molecule has 0 aliphatic carbocycles. The first-order valence-corrected chi connectivity index (χ1v) is 6.98. The molecule has 0 aliphatic heterocycles. The number of carboxylic acid groups (broad SMARTS) is 1. The van der Waals surface area contributed by atoms with Crippen molar-refractivity contribution in [2.75, 3.05) is 0 Å². The van der Waals surface area contributed by atoms with E-state index in [4.69, 9.17) is 11.6 Å². The molecular weight excluding hydrogens is 307 g/mol. The van der Waals surface area contributed by atoms with Crippen molar-refractivity contribution in [3.8, 4) is 0 Å². The normalized spacial score (nSPS) is 11.0. The topological polar surface area (TPSA) is 55.1 Å². The Labute approximate surface area is 130 Å². The summed E-state index contributed by atoms with van der Waals surface area (Å²) in [6.45, 7) is 2.16. The summed E-state index contributed by atoms with van der Waals surface area (Å²) < 4.78 is 14.7. The van der Waals surface area contributed by atoms with Gasteiger partial charge in [-0.05, 0) is 36.8 Å². The second-order valence-electron chi connectivity index (χ2n) is 5.07. The standard InChI is InChI=1S/C16H12ClFN2O2/c1-9-2-5-14-12(6-9)15(16(21)22)19-20(14)8-10-3-4-11(18)7-13(10)17/h2-7H,8H2,1H3,(H,21,22). The van der Waals surface area contributed by atoms with Crippen LogP contribution in [0.2, 0.25) is 5.02 Å². The van der Waals surface area contributed by atoms with Crippen LogP contribution >= 0.6 is 11.6 Å². The lowest BCUT2D eigenvalue weighted by molar-refractivity contribution is 0.0691. The Bertz CT molecular complexity index is 889. The third-order valence-electron chi connectivity index (χ3n) is 3.44. The molecule has 0 spiro atoms. The molecule has 1 aromatic heterocycles. The van der Waals surface area contributed by atoms with E-state index in [2.05, 4.69) is 5.10 Å². The minimum absolute atomic E-state index is 0.00284. The largest absolute Gasteiger partial charge is 0.476 e. The van der Waals surface area contributed by atoms with Gasteiger partial charge in [0, 0.05) is 10.4 Å². The highest BCUT2D eigenvalue weighted by Gasteiger charge is 2.17. The van der Waals surface area contributed by atoms with Gasteiger partial charge in [-0.2, -0.15) is 5.10 Å². The number of hydrogen-bond donors (Lipinski definition) is 1. The van der Waals surface area contributed by atoms with E-state index in [0.29, 0.717) is 16.5 Å². The van der Waals surface area contributed by atoms with Crippen LogP contribution in [-0.2, 0) is 6.54 Å². The number of benzene rings is 2. The molecule has 0 bridgehead atoms. The Hall–Kier alpha value is -2.40. The monoisotopic (exact) mass is 318 g/mol. The molecule has 1 N–H and O–H groups in total. The Balaban J connectivity index is 2.13. The number of rotatable bonds is 3. The van der Waals surface area contributed by atoms with Crippen molar-refractivity contribution in [3.05, 3.63) is 64.1 Å². The number of carboxylic acids is 1. The van der Waals surface area contributed by atoms with Crippen LogP contribution in [0, 0.1) is 12.7 Å². The van der Waals surface area contributed by atoms with Crippen LogP contribution in [0.15, 0.2) is 36.4 Å². The third-order valence-corrected chi connectivity index (χ3v) is 3.80. The molecule has 0 saturated heterocycles. The molecule has 0 unspecified atom stereocenters. The first kappa shape index (κ1) is 14.5. The minimum atomic E-state index is -1.08. The molecule has 0 atom stereocenters. The highest BCUT2D eigenvalue weighted by Crippen LogP contribution is 2.24. The van der Waals surface area contributed by atoms with Gasteiger partial charge in [0.2, 0.25) is 0 Å². The lowest BCUT2D eigenvalue weighted by Crippen LogP contribution is -2.05. The van der Waals surface area contributed by atoms with Gasteiger partial charge >= 0.3 is 5.97 Å². The first-order valence-electron chi connectivity index (χ1n) is 6.60. The van der Waals surface area contributed by atoms with Crippen molar-refractivity contribution in [1.29, 1.82) is 0 Å². The molecule has 3 rings (SSSR count). The third kappa shape index (κ3) is 2.55. The van der Waals surface area contributed by atoms with Gasteiger partial charge in [0.1, 0.15) is 5.82 Å². The fourth-order valence-electron chi connectivity index (χ4n) is 2.38. The van der Waals surface area contributed by atoms with Gasteiger partial charge in [-0.25, -0.2) is 9.18 Å². The van der Waals surface area contributed by atoms with Crippen LogP contribution in [0.4, 0.5) is 4.39 Å². The van der Waals surface area contributed by atoms with E-state index in [1.165, 1.54) is 12.1 Å². The zero-order chi connectivity index (χ0) is 15.9. The molecule has 3 aromatic rings. The molecule has 1 heterocycles. The number of fused-ring (bicyclic) bond motifs is 1. The number of aryl methyl sites for hydroxylation is 1. The Morgan fingerprint density at radius 1 is 1.32 bits per heavy atom. The maximum atomic E-state index is 13.1. The zero-order valence-corrected chi connectivity index (χ0v) is 12.4. The van der Waals surface area contributed by atoms with E-state index in [0.717, 1.165) is 5.56 Å². The van der Waals surface area contributed by atoms with Gasteiger partial charge in [-0.15, -0.1) is 0 Å². The molecule has 0 radical (unpaired) electrons. The number of halogens is 2. The number of hydrogen-bond acceptors (Lipinski definition) is 2. The summed E-state index contributed by atoms with van der Waals surface area (Å²) in [7, 11) is 0. The first-order chi connectivity index (χ1) is 10.5. The second-order valence-corrected chi connectivity index (χ2v) is 5.47. The summed E-state index contributed by atoms with van der Waals surface area (Å²) in [6.07, 6.45) is 0. The van der Waals surface area contributed by atoms with Gasteiger partial charge < -0.3 is 5.11 Å². The van der Waals surface area contributed by atoms with Gasteiger partial charge in [0.15, 0.2) is 5.69 Å². The molecule has 0 saturated carbocycles. The number of nitrogens with zero attached hydrogens (tertiary/aromatic N) is 2. The van der Waals surface area contributed by atoms with Crippen molar-refractivity contribution in [1.82, 2.24) is 9.78 Å². The average Bonchev–Trinajstić information content (AvgIpc) is 2.80. The maximum Gasteiger partial charge on any atom is 0.357 e. The second kappa shape index (κ2) is 5.42. The number of carbonyl (C=O) groups is 1. The van der Waals surface area contributed by atoms with Crippen molar-refractivity contribution >= 4 is 28.5 Å². The Kier molecular flexibility index (Phi) is 3.58. The molecule has 22 heavy (non-hydrogen) atoms. The van der Waals surface area contributed by atoms with Crippen LogP contribution < -0.4 is 0 Å². The van der Waals surface area contributed by atoms with Crippen LogP contribution in [0.5, 0.6) is 0 Å². The maximum absolute atomic E-state index is 13.1. The summed E-state index contributed by atoms with van der Waals surface area (Å²) in [5.41, 5.74) is 2.32. The molecular formula is C16H12ClFN2O2. The molecule has 6 heteroatoms. The van der Waals surface area contributed by atoms with E-state index in [9.17, 15) is 14.3 Å². The molecule has 112 valence electrons. The SMILES string of the molecule is Cc1ccc2c(c1)c(C(=O)O)nn2Cc1ccc(F)cc1Cl. The van der Waals surface area contributed by atoms with E-state index < -0.39 is 11.8 Å². The van der Waals surface area contributed by atoms with Gasteiger partial charge in [0.25, 0.3) is 0 Å². The number of aromatic carboxylic acids is 1.